The van der Waals surface area contributed by atoms with Crippen molar-refractivity contribution in [1.82, 2.24) is 4.90 Å². The van der Waals surface area contributed by atoms with Gasteiger partial charge in [-0.1, -0.05) is 19.1 Å². The monoisotopic (exact) mass is 246 g/mol. The highest BCUT2D eigenvalue weighted by Crippen LogP contribution is 2.34. The lowest BCUT2D eigenvalue weighted by molar-refractivity contribution is -0.129. The zero-order chi connectivity index (χ0) is 13.2. The topological polar surface area (TPSA) is 44.1 Å². The Balaban J connectivity index is 2.13. The van der Waals surface area contributed by atoms with Gasteiger partial charge in [-0.25, -0.2) is 4.39 Å². The van der Waals surface area contributed by atoms with Crippen molar-refractivity contribution >= 4 is 5.91 Å². The van der Waals surface area contributed by atoms with Crippen molar-refractivity contribution in [3.8, 4) is 6.07 Å². The summed E-state index contributed by atoms with van der Waals surface area (Å²) in [6, 6.07) is 8.31. The van der Waals surface area contributed by atoms with Gasteiger partial charge < -0.3 is 4.90 Å². The van der Waals surface area contributed by atoms with Crippen molar-refractivity contribution in [3.05, 3.63) is 35.6 Å². The van der Waals surface area contributed by atoms with Crippen molar-refractivity contribution in [2.24, 2.45) is 0 Å². The van der Waals surface area contributed by atoms with Gasteiger partial charge in [0.05, 0.1) is 6.07 Å². The Morgan fingerprint density at radius 1 is 1.50 bits per heavy atom. The van der Waals surface area contributed by atoms with Crippen LogP contribution in [0.3, 0.4) is 0 Å². The molecule has 0 saturated carbocycles. The van der Waals surface area contributed by atoms with Crippen LogP contribution in [-0.4, -0.2) is 23.9 Å². The molecule has 1 aliphatic heterocycles. The van der Waals surface area contributed by atoms with E-state index in [-0.39, 0.29) is 23.6 Å². The van der Waals surface area contributed by atoms with Gasteiger partial charge in [-0.2, -0.15) is 5.26 Å². The van der Waals surface area contributed by atoms with Gasteiger partial charge in [-0.05, 0) is 24.1 Å². The van der Waals surface area contributed by atoms with Crippen molar-refractivity contribution in [1.29, 1.82) is 5.26 Å². The maximum atomic E-state index is 12.9. The molecule has 2 rings (SSSR count). The van der Waals surface area contributed by atoms with E-state index in [0.29, 0.717) is 13.1 Å². The van der Waals surface area contributed by atoms with Crippen molar-refractivity contribution in [2.45, 2.75) is 25.2 Å². The molecule has 1 unspecified atom stereocenters. The second-order valence-corrected chi connectivity index (χ2v) is 4.97. The summed E-state index contributed by atoms with van der Waals surface area (Å²) in [6.07, 6.45) is 0.773. The maximum Gasteiger partial charge on any atom is 0.236 e. The third kappa shape index (κ3) is 2.35. The second kappa shape index (κ2) is 4.77. The summed E-state index contributed by atoms with van der Waals surface area (Å²) in [5.74, 6) is -0.374. The van der Waals surface area contributed by atoms with Crippen LogP contribution in [0.5, 0.6) is 0 Å². The summed E-state index contributed by atoms with van der Waals surface area (Å²) < 4.78 is 12.9. The first-order valence-electron chi connectivity index (χ1n) is 5.96. The van der Waals surface area contributed by atoms with Crippen molar-refractivity contribution in [3.63, 3.8) is 0 Å². The molecular formula is C14H15FN2O. The van der Waals surface area contributed by atoms with E-state index in [0.717, 1.165) is 12.0 Å². The lowest BCUT2D eigenvalue weighted by Gasteiger charge is -2.25. The molecule has 1 fully saturated rings. The minimum Gasteiger partial charge on any atom is -0.341 e. The lowest BCUT2D eigenvalue weighted by Crippen LogP contribution is -2.32. The van der Waals surface area contributed by atoms with Crippen molar-refractivity contribution < 1.29 is 9.18 Å². The van der Waals surface area contributed by atoms with Crippen molar-refractivity contribution in [2.75, 3.05) is 13.1 Å². The number of hydrogen-bond donors (Lipinski definition) is 0. The molecule has 0 aliphatic carbocycles. The van der Waals surface area contributed by atoms with Crippen LogP contribution in [-0.2, 0) is 10.2 Å². The highest BCUT2D eigenvalue weighted by Gasteiger charge is 2.37. The molecule has 1 heterocycles. The summed E-state index contributed by atoms with van der Waals surface area (Å²) in [6.45, 7) is 3.33. The summed E-state index contributed by atoms with van der Waals surface area (Å²) in [5, 5.41) is 8.54. The number of halogens is 1. The molecule has 1 atom stereocenters. The first kappa shape index (κ1) is 12.6. The van der Waals surface area contributed by atoms with Gasteiger partial charge >= 0.3 is 0 Å². The van der Waals surface area contributed by atoms with E-state index >= 15 is 0 Å². The Labute approximate surface area is 106 Å². The molecule has 0 N–H and O–H groups in total. The van der Waals surface area contributed by atoms with E-state index < -0.39 is 0 Å². The number of likely N-dealkylation sites (tertiary alicyclic amines) is 1. The lowest BCUT2D eigenvalue weighted by atomic mass is 9.82. The molecule has 3 nitrogen and oxygen atoms in total. The number of hydrogen-bond acceptors (Lipinski definition) is 2. The van der Waals surface area contributed by atoms with Crippen LogP contribution in [0.1, 0.15) is 25.3 Å². The molecular weight excluding hydrogens is 231 g/mol. The fraction of sp³-hybridized carbons (Fsp3) is 0.429. The van der Waals surface area contributed by atoms with E-state index in [9.17, 15) is 9.18 Å². The molecule has 4 heteroatoms. The van der Waals surface area contributed by atoms with Crippen LogP contribution >= 0.6 is 0 Å². The Hall–Kier alpha value is -1.89. The van der Waals surface area contributed by atoms with E-state index in [4.69, 9.17) is 5.26 Å². The van der Waals surface area contributed by atoms with Crippen LogP contribution in [0.15, 0.2) is 24.3 Å². The first-order valence-corrected chi connectivity index (χ1v) is 5.96. The van der Waals surface area contributed by atoms with Gasteiger partial charge in [-0.15, -0.1) is 0 Å². The fourth-order valence-corrected chi connectivity index (χ4v) is 2.44. The van der Waals surface area contributed by atoms with Gasteiger partial charge in [0.1, 0.15) is 12.2 Å². The average molecular weight is 246 g/mol. The van der Waals surface area contributed by atoms with Gasteiger partial charge in [0, 0.05) is 18.5 Å². The van der Waals surface area contributed by atoms with Gasteiger partial charge in [0.2, 0.25) is 5.91 Å². The third-order valence-corrected chi connectivity index (χ3v) is 3.60. The molecule has 0 aromatic heterocycles. The van der Waals surface area contributed by atoms with E-state index in [1.807, 2.05) is 6.07 Å². The number of rotatable bonds is 2. The van der Waals surface area contributed by atoms with E-state index in [2.05, 4.69) is 6.92 Å². The average Bonchev–Trinajstić information content (AvgIpc) is 2.74. The molecule has 94 valence electrons. The van der Waals surface area contributed by atoms with E-state index in [1.54, 1.807) is 17.0 Å². The minimum absolute atomic E-state index is 0.0699. The molecule has 0 bridgehead atoms. The second-order valence-electron chi connectivity index (χ2n) is 4.97. The van der Waals surface area contributed by atoms with Crippen LogP contribution in [0, 0.1) is 17.1 Å². The molecule has 1 saturated heterocycles. The molecule has 1 aromatic rings. The number of carbonyl (C=O) groups excluding carboxylic acids is 1. The van der Waals surface area contributed by atoms with Gasteiger partial charge in [0.25, 0.3) is 0 Å². The predicted molar refractivity (Wildman–Crippen MR) is 65.2 cm³/mol. The molecule has 1 aliphatic rings. The van der Waals surface area contributed by atoms with Crippen LogP contribution in [0.4, 0.5) is 4.39 Å². The SMILES string of the molecule is CC1(c2ccc(F)cc2)CCN(C(=O)CC#N)C1. The largest absolute Gasteiger partial charge is 0.341 e. The highest BCUT2D eigenvalue weighted by molar-refractivity contribution is 5.78. The zero-order valence-corrected chi connectivity index (χ0v) is 10.3. The Kier molecular flexibility index (Phi) is 3.33. The normalized spacial score (nSPS) is 22.8. The summed E-state index contributed by atoms with van der Waals surface area (Å²) in [7, 11) is 0. The quantitative estimate of drug-likeness (QED) is 0.803. The van der Waals surface area contributed by atoms with E-state index in [1.165, 1.54) is 12.1 Å². The number of amides is 1. The molecule has 1 aromatic carbocycles. The highest BCUT2D eigenvalue weighted by atomic mass is 19.1. The van der Waals surface area contributed by atoms with Crippen LogP contribution in [0.2, 0.25) is 0 Å². The van der Waals surface area contributed by atoms with Crippen LogP contribution < -0.4 is 0 Å². The minimum atomic E-state index is -0.252. The fourth-order valence-electron chi connectivity index (χ4n) is 2.44. The molecule has 0 radical (unpaired) electrons. The van der Waals surface area contributed by atoms with Gasteiger partial charge in [-0.3, -0.25) is 4.79 Å². The Bertz CT molecular complexity index is 492. The number of nitriles is 1. The Morgan fingerprint density at radius 3 is 2.78 bits per heavy atom. The van der Waals surface area contributed by atoms with Gasteiger partial charge in [0.15, 0.2) is 0 Å². The maximum absolute atomic E-state index is 12.9. The third-order valence-electron chi connectivity index (χ3n) is 3.60. The summed E-state index contributed by atoms with van der Waals surface area (Å²) in [4.78, 5) is 13.4. The molecule has 0 spiro atoms. The number of benzene rings is 1. The zero-order valence-electron chi connectivity index (χ0n) is 10.3. The molecule has 1 amide bonds. The predicted octanol–water partition coefficient (Wildman–Crippen LogP) is 2.23. The number of nitrogens with zero attached hydrogens (tertiary/aromatic N) is 2. The summed E-state index contributed by atoms with van der Waals surface area (Å²) in [5.41, 5.74) is 0.898. The standard InChI is InChI=1S/C14H15FN2O/c1-14(11-2-4-12(15)5-3-11)7-9-17(10-14)13(18)6-8-16/h2-5H,6-7,9-10H2,1H3. The number of carbonyl (C=O) groups is 1. The molecule has 18 heavy (non-hydrogen) atoms. The smallest absolute Gasteiger partial charge is 0.236 e. The first-order chi connectivity index (χ1) is 8.55. The Morgan fingerprint density at radius 2 is 2.17 bits per heavy atom. The summed E-state index contributed by atoms with van der Waals surface area (Å²) >= 11 is 0. The van der Waals surface area contributed by atoms with Crippen LogP contribution in [0.25, 0.3) is 0 Å².